The molecule has 1 aliphatic rings. The van der Waals surface area contributed by atoms with Crippen LogP contribution in [0.1, 0.15) is 18.7 Å². The van der Waals surface area contributed by atoms with E-state index >= 15 is 0 Å². The van der Waals surface area contributed by atoms with Crippen molar-refractivity contribution in [2.45, 2.75) is 18.0 Å². The molecule has 1 aliphatic heterocycles. The fourth-order valence-electron chi connectivity index (χ4n) is 2.58. The number of hydrogen-bond acceptors (Lipinski definition) is 4. The molecule has 120 valence electrons. The molecule has 0 radical (unpaired) electrons. The van der Waals surface area contributed by atoms with Crippen molar-refractivity contribution >= 4 is 33.2 Å². The molecule has 0 bridgehead atoms. The van der Waals surface area contributed by atoms with Crippen LogP contribution < -0.4 is 4.31 Å². The molecule has 1 N–H and O–H groups in total. The summed E-state index contributed by atoms with van der Waals surface area (Å²) in [5.41, 5.74) is 0.587. The zero-order valence-electron chi connectivity index (χ0n) is 12.0. The molecule has 1 unspecified atom stereocenters. The van der Waals surface area contributed by atoms with Crippen molar-refractivity contribution in [2.75, 3.05) is 4.31 Å². The average molecular weight is 353 g/mol. The number of rotatable bonds is 2. The first kappa shape index (κ1) is 15.8. The maximum absolute atomic E-state index is 12.9. The number of para-hydroxylation sites is 1. The molecule has 0 saturated heterocycles. The number of hydrogen-bond donors (Lipinski definition) is 1. The lowest BCUT2D eigenvalue weighted by atomic mass is 10.1. The van der Waals surface area contributed by atoms with Gasteiger partial charge in [0.25, 0.3) is 10.0 Å². The number of carbonyl (C=O) groups excluding carboxylic acids is 1. The van der Waals surface area contributed by atoms with E-state index in [1.165, 1.54) is 18.2 Å². The van der Waals surface area contributed by atoms with Crippen LogP contribution in [0.15, 0.2) is 53.4 Å². The van der Waals surface area contributed by atoms with E-state index in [0.717, 1.165) is 11.2 Å². The minimum Gasteiger partial charge on any atom is -0.283 e. The lowest BCUT2D eigenvalue weighted by Gasteiger charge is -2.30. The molecule has 2 aromatic rings. The number of sulfonamides is 1. The van der Waals surface area contributed by atoms with Gasteiger partial charge < -0.3 is 0 Å². The van der Waals surface area contributed by atoms with Gasteiger partial charge in [0, 0.05) is 17.5 Å². The first-order valence-corrected chi connectivity index (χ1v) is 8.53. The smallest absolute Gasteiger partial charge is 0.266 e. The summed E-state index contributed by atoms with van der Waals surface area (Å²) in [5.74, 6) is -0.682. The van der Waals surface area contributed by atoms with Crippen molar-refractivity contribution in [3.63, 3.8) is 0 Å². The van der Waals surface area contributed by atoms with Crippen molar-refractivity contribution in [2.24, 2.45) is 0 Å². The molecular formula is C15H13ClN2O4S. The van der Waals surface area contributed by atoms with Crippen LogP contribution in [0.2, 0.25) is 5.02 Å². The lowest BCUT2D eigenvalue weighted by Crippen LogP contribution is -2.40. The molecule has 3 rings (SSSR count). The summed E-state index contributed by atoms with van der Waals surface area (Å²) < 4.78 is 26.7. The topological polar surface area (TPSA) is 77.9 Å². The van der Waals surface area contributed by atoms with Crippen LogP contribution in [-0.2, 0) is 14.8 Å². The van der Waals surface area contributed by atoms with Crippen LogP contribution in [0.4, 0.5) is 5.69 Å². The van der Waals surface area contributed by atoms with Crippen LogP contribution in [0.25, 0.3) is 0 Å². The van der Waals surface area contributed by atoms with Gasteiger partial charge in [0.1, 0.15) is 0 Å². The van der Waals surface area contributed by atoms with Gasteiger partial charge in [-0.2, -0.15) is 5.06 Å². The highest BCUT2D eigenvalue weighted by Crippen LogP contribution is 2.44. The van der Waals surface area contributed by atoms with Crippen LogP contribution >= 0.6 is 11.6 Å². The Morgan fingerprint density at radius 3 is 2.48 bits per heavy atom. The zero-order valence-corrected chi connectivity index (χ0v) is 13.6. The molecule has 8 heteroatoms. The SMILES string of the molecule is CC(=O)N(O)C1c2cc(Cl)ccc2S(=O)(=O)N1c1ccccc1. The lowest BCUT2D eigenvalue weighted by molar-refractivity contribution is -0.172. The molecule has 0 saturated carbocycles. The molecule has 0 fully saturated rings. The molecule has 1 atom stereocenters. The van der Waals surface area contributed by atoms with E-state index in [9.17, 15) is 18.4 Å². The van der Waals surface area contributed by atoms with Gasteiger partial charge in [-0.3, -0.25) is 10.0 Å². The predicted octanol–water partition coefficient (Wildman–Crippen LogP) is 2.79. The van der Waals surface area contributed by atoms with Crippen LogP contribution in [0.5, 0.6) is 0 Å². The van der Waals surface area contributed by atoms with E-state index in [-0.39, 0.29) is 10.5 Å². The Morgan fingerprint density at radius 2 is 1.87 bits per heavy atom. The van der Waals surface area contributed by atoms with Crippen LogP contribution in [0.3, 0.4) is 0 Å². The maximum atomic E-state index is 12.9. The third-order valence-corrected chi connectivity index (χ3v) is 5.67. The summed E-state index contributed by atoms with van der Waals surface area (Å²) in [7, 11) is -3.92. The fourth-order valence-corrected chi connectivity index (χ4v) is 4.54. The molecule has 1 heterocycles. The number of nitrogens with zero attached hydrogens (tertiary/aromatic N) is 2. The third-order valence-electron chi connectivity index (χ3n) is 3.57. The van der Waals surface area contributed by atoms with Crippen LogP contribution in [-0.4, -0.2) is 24.6 Å². The summed E-state index contributed by atoms with van der Waals surface area (Å²) in [6.07, 6.45) is -1.20. The predicted molar refractivity (Wildman–Crippen MR) is 84.6 cm³/mol. The maximum Gasteiger partial charge on any atom is 0.266 e. The van der Waals surface area contributed by atoms with Crippen LogP contribution in [0, 0.1) is 0 Å². The molecule has 0 spiro atoms. The van der Waals surface area contributed by atoms with Gasteiger partial charge in [0.2, 0.25) is 5.91 Å². The summed E-state index contributed by atoms with van der Waals surface area (Å²) >= 11 is 5.96. The number of fused-ring (bicyclic) bond motifs is 1. The number of carbonyl (C=O) groups is 1. The number of halogens is 1. The molecule has 0 aliphatic carbocycles. The quantitative estimate of drug-likeness (QED) is 0.666. The van der Waals surface area contributed by atoms with Gasteiger partial charge in [-0.15, -0.1) is 0 Å². The van der Waals surface area contributed by atoms with Gasteiger partial charge in [0.05, 0.1) is 10.6 Å². The second kappa shape index (κ2) is 5.52. The number of anilines is 1. The highest BCUT2D eigenvalue weighted by molar-refractivity contribution is 7.93. The van der Waals surface area contributed by atoms with Crippen molar-refractivity contribution in [3.8, 4) is 0 Å². The Kier molecular flexibility index (Phi) is 3.79. The second-order valence-corrected chi connectivity index (χ2v) is 7.28. The zero-order chi connectivity index (χ0) is 16.8. The summed E-state index contributed by atoms with van der Waals surface area (Å²) in [6, 6.07) is 12.5. The monoisotopic (exact) mass is 352 g/mol. The number of hydroxylamine groups is 2. The molecule has 0 aromatic heterocycles. The van der Waals surface area contributed by atoms with Gasteiger partial charge in [-0.25, -0.2) is 12.7 Å². The second-order valence-electron chi connectivity index (χ2n) is 5.06. The fraction of sp³-hybridized carbons (Fsp3) is 0.133. The minimum atomic E-state index is -3.92. The molecular weight excluding hydrogens is 340 g/mol. The Hall–Kier alpha value is -2.09. The number of amides is 1. The van der Waals surface area contributed by atoms with Gasteiger partial charge in [-0.05, 0) is 30.3 Å². The highest BCUT2D eigenvalue weighted by atomic mass is 35.5. The van der Waals surface area contributed by atoms with Crippen molar-refractivity contribution in [1.29, 1.82) is 0 Å². The Bertz CT molecular complexity index is 870. The van der Waals surface area contributed by atoms with Crippen molar-refractivity contribution in [1.82, 2.24) is 5.06 Å². The molecule has 6 nitrogen and oxygen atoms in total. The van der Waals surface area contributed by atoms with Gasteiger partial charge >= 0.3 is 0 Å². The normalized spacial score (nSPS) is 18.6. The minimum absolute atomic E-state index is 0.0102. The molecule has 23 heavy (non-hydrogen) atoms. The molecule has 2 aromatic carbocycles. The molecule has 1 amide bonds. The van der Waals surface area contributed by atoms with E-state index in [2.05, 4.69) is 0 Å². The number of benzene rings is 2. The average Bonchev–Trinajstić information content (AvgIpc) is 2.74. The van der Waals surface area contributed by atoms with E-state index in [1.807, 2.05) is 0 Å². The largest absolute Gasteiger partial charge is 0.283 e. The summed E-state index contributed by atoms with van der Waals surface area (Å²) in [5, 5.41) is 10.9. The van der Waals surface area contributed by atoms with Gasteiger partial charge in [-0.1, -0.05) is 29.8 Å². The first-order valence-electron chi connectivity index (χ1n) is 6.71. The van der Waals surface area contributed by atoms with E-state index in [1.54, 1.807) is 30.3 Å². The van der Waals surface area contributed by atoms with E-state index in [0.29, 0.717) is 15.8 Å². The Labute approximate surface area is 138 Å². The summed E-state index contributed by atoms with van der Waals surface area (Å²) in [4.78, 5) is 11.6. The van der Waals surface area contributed by atoms with Gasteiger partial charge in [0.15, 0.2) is 6.17 Å². The van der Waals surface area contributed by atoms with E-state index < -0.39 is 22.1 Å². The highest BCUT2D eigenvalue weighted by Gasteiger charge is 2.46. The Balaban J connectivity index is 2.28. The third kappa shape index (κ3) is 2.46. The standard InChI is InChI=1S/C15H13ClN2O4S/c1-10(19)17(20)15-13-9-11(16)7-8-14(13)23(21,22)18(15)12-5-3-2-4-6-12/h2-9,15,20H,1H3. The van der Waals surface area contributed by atoms with Crippen molar-refractivity contribution in [3.05, 3.63) is 59.1 Å². The van der Waals surface area contributed by atoms with E-state index in [4.69, 9.17) is 11.6 Å². The Morgan fingerprint density at radius 1 is 1.22 bits per heavy atom. The van der Waals surface area contributed by atoms with Crippen molar-refractivity contribution < 1.29 is 18.4 Å². The summed E-state index contributed by atoms with van der Waals surface area (Å²) in [6.45, 7) is 1.15. The first-order chi connectivity index (χ1) is 10.8.